The van der Waals surface area contributed by atoms with Gasteiger partial charge in [0.15, 0.2) is 0 Å². The lowest BCUT2D eigenvalue weighted by Gasteiger charge is -2.38. The van der Waals surface area contributed by atoms with Gasteiger partial charge in [-0.25, -0.2) is 4.98 Å². The van der Waals surface area contributed by atoms with Crippen LogP contribution in [0.15, 0.2) is 18.2 Å². The van der Waals surface area contributed by atoms with Crippen molar-refractivity contribution in [3.8, 4) is 5.88 Å². The van der Waals surface area contributed by atoms with E-state index >= 15 is 0 Å². The SMILES string of the molecule is CC(=O)N1CCN([C@@H](c2ccc(Cl)c(Cl)c2)c2sc3nc(C)nn3c2O)CC1. The minimum atomic E-state index is -0.238. The molecular formula is C18H19Cl2N5O2S. The van der Waals surface area contributed by atoms with Gasteiger partial charge in [-0.2, -0.15) is 4.52 Å². The molecule has 1 fully saturated rings. The van der Waals surface area contributed by atoms with E-state index in [0.29, 0.717) is 47.0 Å². The van der Waals surface area contributed by atoms with Crippen LogP contribution in [0.1, 0.15) is 29.2 Å². The van der Waals surface area contributed by atoms with Gasteiger partial charge in [0.2, 0.25) is 16.7 Å². The molecule has 3 aromatic rings. The lowest BCUT2D eigenvalue weighted by molar-refractivity contribution is -0.130. The number of hydrogen-bond acceptors (Lipinski definition) is 6. The Morgan fingerprint density at radius 1 is 1.21 bits per heavy atom. The topological polar surface area (TPSA) is 74.0 Å². The molecule has 3 heterocycles. The van der Waals surface area contributed by atoms with Crippen molar-refractivity contribution in [2.75, 3.05) is 26.2 Å². The number of fused-ring (bicyclic) bond motifs is 1. The summed E-state index contributed by atoms with van der Waals surface area (Å²) in [6.45, 7) is 5.99. The van der Waals surface area contributed by atoms with Crippen LogP contribution < -0.4 is 0 Å². The molecule has 2 aromatic heterocycles. The van der Waals surface area contributed by atoms with Crippen molar-refractivity contribution in [1.82, 2.24) is 24.4 Å². The van der Waals surface area contributed by atoms with E-state index in [1.165, 1.54) is 15.9 Å². The third-order valence-electron chi connectivity index (χ3n) is 4.94. The van der Waals surface area contributed by atoms with Gasteiger partial charge < -0.3 is 10.0 Å². The Hall–Kier alpha value is -1.87. The van der Waals surface area contributed by atoms with E-state index in [2.05, 4.69) is 15.0 Å². The Morgan fingerprint density at radius 3 is 2.54 bits per heavy atom. The summed E-state index contributed by atoms with van der Waals surface area (Å²) in [7, 11) is 0. The van der Waals surface area contributed by atoms with Crippen LogP contribution in [0.5, 0.6) is 5.88 Å². The quantitative estimate of drug-likeness (QED) is 0.676. The van der Waals surface area contributed by atoms with Gasteiger partial charge in [0.25, 0.3) is 0 Å². The van der Waals surface area contributed by atoms with Crippen LogP contribution in [-0.2, 0) is 4.79 Å². The number of carbonyl (C=O) groups excluding carboxylic acids is 1. The normalized spacial score (nSPS) is 16.6. The highest BCUT2D eigenvalue weighted by atomic mass is 35.5. The first kappa shape index (κ1) is 19.4. The molecule has 1 N–H and O–H groups in total. The predicted octanol–water partition coefficient (Wildman–Crippen LogP) is 3.37. The van der Waals surface area contributed by atoms with E-state index < -0.39 is 0 Å². The van der Waals surface area contributed by atoms with E-state index in [-0.39, 0.29) is 17.8 Å². The highest BCUT2D eigenvalue weighted by Gasteiger charge is 2.32. The Morgan fingerprint density at radius 2 is 1.93 bits per heavy atom. The van der Waals surface area contributed by atoms with Gasteiger partial charge in [0, 0.05) is 33.1 Å². The number of amides is 1. The van der Waals surface area contributed by atoms with Gasteiger partial charge in [-0.1, -0.05) is 40.6 Å². The van der Waals surface area contributed by atoms with Crippen molar-refractivity contribution in [2.45, 2.75) is 19.9 Å². The van der Waals surface area contributed by atoms with Crippen LogP contribution in [0.4, 0.5) is 0 Å². The van der Waals surface area contributed by atoms with Gasteiger partial charge in [-0.05, 0) is 24.6 Å². The third-order valence-corrected chi connectivity index (χ3v) is 6.75. The highest BCUT2D eigenvalue weighted by Crippen LogP contribution is 2.41. The van der Waals surface area contributed by atoms with Crippen molar-refractivity contribution < 1.29 is 9.90 Å². The smallest absolute Gasteiger partial charge is 0.230 e. The number of nitrogens with zero attached hydrogens (tertiary/aromatic N) is 5. The summed E-state index contributed by atoms with van der Waals surface area (Å²) in [6, 6.07) is 5.26. The van der Waals surface area contributed by atoms with Crippen LogP contribution >= 0.6 is 34.5 Å². The maximum absolute atomic E-state index is 11.7. The number of rotatable bonds is 3. The van der Waals surface area contributed by atoms with Crippen LogP contribution in [-0.4, -0.2) is 61.6 Å². The first-order valence-corrected chi connectivity index (χ1v) is 10.4. The van der Waals surface area contributed by atoms with E-state index in [4.69, 9.17) is 23.2 Å². The summed E-state index contributed by atoms with van der Waals surface area (Å²) in [5.41, 5.74) is 0.919. The van der Waals surface area contributed by atoms with Gasteiger partial charge in [0.05, 0.1) is 21.0 Å². The van der Waals surface area contributed by atoms with E-state index in [1.54, 1.807) is 19.9 Å². The molecule has 28 heavy (non-hydrogen) atoms. The summed E-state index contributed by atoms with van der Waals surface area (Å²) in [6.07, 6.45) is 0. The summed E-state index contributed by atoms with van der Waals surface area (Å²) < 4.78 is 1.46. The molecule has 0 radical (unpaired) electrons. The molecule has 10 heteroatoms. The Balaban J connectivity index is 1.76. The molecule has 1 aliphatic rings. The number of thiazole rings is 1. The highest BCUT2D eigenvalue weighted by molar-refractivity contribution is 7.17. The Labute approximate surface area is 176 Å². The zero-order chi connectivity index (χ0) is 20.0. The summed E-state index contributed by atoms with van der Waals surface area (Å²) in [5.74, 6) is 0.753. The van der Waals surface area contributed by atoms with Crippen molar-refractivity contribution in [2.24, 2.45) is 0 Å². The number of aromatic nitrogens is 3. The molecule has 1 atom stereocenters. The molecular weight excluding hydrogens is 421 g/mol. The fourth-order valence-electron chi connectivity index (χ4n) is 3.53. The van der Waals surface area contributed by atoms with Gasteiger partial charge in [0.1, 0.15) is 5.82 Å². The molecule has 0 saturated carbocycles. The molecule has 4 rings (SSSR count). The van der Waals surface area contributed by atoms with Gasteiger partial charge >= 0.3 is 0 Å². The molecule has 1 aliphatic heterocycles. The summed E-state index contributed by atoms with van der Waals surface area (Å²) >= 11 is 13.8. The van der Waals surface area contributed by atoms with Crippen LogP contribution in [0.25, 0.3) is 4.96 Å². The maximum Gasteiger partial charge on any atom is 0.230 e. The van der Waals surface area contributed by atoms with E-state index in [1.807, 2.05) is 17.0 Å². The minimum absolute atomic E-state index is 0.0721. The first-order chi connectivity index (χ1) is 13.3. The average Bonchev–Trinajstić information content (AvgIpc) is 3.16. The molecule has 0 bridgehead atoms. The number of carbonyl (C=O) groups is 1. The number of halogens is 2. The number of hydrogen-bond donors (Lipinski definition) is 1. The van der Waals surface area contributed by atoms with Crippen LogP contribution in [0.2, 0.25) is 10.0 Å². The second-order valence-electron chi connectivity index (χ2n) is 6.76. The largest absolute Gasteiger partial charge is 0.492 e. The average molecular weight is 440 g/mol. The zero-order valence-corrected chi connectivity index (χ0v) is 17.7. The molecule has 148 valence electrons. The second-order valence-corrected chi connectivity index (χ2v) is 8.58. The second kappa shape index (κ2) is 7.51. The minimum Gasteiger partial charge on any atom is -0.492 e. The zero-order valence-electron chi connectivity index (χ0n) is 15.4. The molecule has 0 aliphatic carbocycles. The van der Waals surface area contributed by atoms with Crippen molar-refractivity contribution in [1.29, 1.82) is 0 Å². The number of aromatic hydroxyl groups is 1. The fraction of sp³-hybridized carbons (Fsp3) is 0.389. The fourth-order valence-corrected chi connectivity index (χ4v) is 5.00. The lowest BCUT2D eigenvalue weighted by atomic mass is 10.0. The summed E-state index contributed by atoms with van der Waals surface area (Å²) in [4.78, 5) is 21.5. The van der Waals surface area contributed by atoms with Crippen molar-refractivity contribution in [3.05, 3.63) is 44.5 Å². The molecule has 1 amide bonds. The molecule has 1 aromatic carbocycles. The Bertz CT molecular complexity index is 1040. The molecule has 1 saturated heterocycles. The van der Waals surface area contributed by atoms with Crippen LogP contribution in [0, 0.1) is 6.92 Å². The lowest BCUT2D eigenvalue weighted by Crippen LogP contribution is -2.49. The summed E-state index contributed by atoms with van der Waals surface area (Å²) in [5, 5.41) is 16.1. The standard InChI is InChI=1S/C18H19Cl2N5O2S/c1-10-21-18-25(22-10)17(27)16(28-18)15(12-3-4-13(19)14(20)9-12)24-7-5-23(6-8-24)11(2)26/h3-4,9,15,27H,5-8H2,1-2H3/t15-/m0/s1. The first-order valence-electron chi connectivity index (χ1n) is 8.84. The van der Waals surface area contributed by atoms with Gasteiger partial charge in [-0.15, -0.1) is 5.10 Å². The number of piperazine rings is 1. The van der Waals surface area contributed by atoms with E-state index in [9.17, 15) is 9.90 Å². The van der Waals surface area contributed by atoms with E-state index in [0.717, 1.165) is 10.4 Å². The third kappa shape index (κ3) is 3.45. The molecule has 0 spiro atoms. The monoisotopic (exact) mass is 439 g/mol. The molecule has 0 unspecified atom stereocenters. The predicted molar refractivity (Wildman–Crippen MR) is 109 cm³/mol. The maximum atomic E-state index is 11.7. The van der Waals surface area contributed by atoms with Crippen molar-refractivity contribution in [3.63, 3.8) is 0 Å². The Kier molecular flexibility index (Phi) is 5.22. The van der Waals surface area contributed by atoms with Gasteiger partial charge in [-0.3, -0.25) is 9.69 Å². The number of aryl methyl sites for hydroxylation is 1. The van der Waals surface area contributed by atoms with Crippen LogP contribution in [0.3, 0.4) is 0 Å². The van der Waals surface area contributed by atoms with Crippen molar-refractivity contribution >= 4 is 45.4 Å². The number of benzene rings is 1. The molecule has 7 nitrogen and oxygen atoms in total.